The van der Waals surface area contributed by atoms with E-state index in [0.717, 1.165) is 5.56 Å². The molecular formula is C12H18N2O. The predicted octanol–water partition coefficient (Wildman–Crippen LogP) is 1.60. The van der Waals surface area contributed by atoms with E-state index in [0.29, 0.717) is 6.42 Å². The molecule has 1 rings (SSSR count). The van der Waals surface area contributed by atoms with E-state index >= 15 is 0 Å². The topological polar surface area (TPSA) is 55.1 Å². The second kappa shape index (κ2) is 5.51. The van der Waals surface area contributed by atoms with Crippen molar-refractivity contribution in [3.8, 4) is 0 Å². The molecule has 82 valence electrons. The Morgan fingerprint density at radius 3 is 2.53 bits per heavy atom. The second-order valence-electron chi connectivity index (χ2n) is 3.66. The quantitative estimate of drug-likeness (QED) is 0.786. The Balaban J connectivity index is 2.56. The number of hydrogen-bond donors (Lipinski definition) is 2. The van der Waals surface area contributed by atoms with E-state index in [1.165, 1.54) is 0 Å². The summed E-state index contributed by atoms with van der Waals surface area (Å²) in [4.78, 5) is 11.5. The minimum atomic E-state index is -0.406. The first-order chi connectivity index (χ1) is 7.15. The smallest absolute Gasteiger partial charge is 0.237 e. The normalized spacial score (nSPS) is 14.3. The first-order valence-electron chi connectivity index (χ1n) is 5.26. The maximum atomic E-state index is 11.5. The van der Waals surface area contributed by atoms with Gasteiger partial charge in [-0.3, -0.25) is 4.79 Å². The van der Waals surface area contributed by atoms with Gasteiger partial charge >= 0.3 is 0 Å². The van der Waals surface area contributed by atoms with E-state index in [1.807, 2.05) is 44.2 Å². The molecular weight excluding hydrogens is 188 g/mol. The molecule has 0 aromatic heterocycles. The van der Waals surface area contributed by atoms with Crippen LogP contribution in [0.15, 0.2) is 30.3 Å². The highest BCUT2D eigenvalue weighted by Crippen LogP contribution is 2.11. The molecule has 3 N–H and O–H groups in total. The van der Waals surface area contributed by atoms with Gasteiger partial charge in [-0.1, -0.05) is 37.3 Å². The number of rotatable bonds is 4. The Morgan fingerprint density at radius 2 is 2.00 bits per heavy atom. The molecule has 1 aromatic carbocycles. The van der Waals surface area contributed by atoms with Crippen molar-refractivity contribution in [1.82, 2.24) is 5.32 Å². The summed E-state index contributed by atoms with van der Waals surface area (Å²) in [7, 11) is 0. The minimum absolute atomic E-state index is 0.0105. The van der Waals surface area contributed by atoms with Gasteiger partial charge in [0.25, 0.3) is 0 Å². The Labute approximate surface area is 90.7 Å². The van der Waals surface area contributed by atoms with Crippen molar-refractivity contribution in [1.29, 1.82) is 0 Å². The third-order valence-electron chi connectivity index (χ3n) is 2.43. The van der Waals surface area contributed by atoms with E-state index < -0.39 is 6.04 Å². The van der Waals surface area contributed by atoms with Crippen LogP contribution in [0, 0.1) is 0 Å². The lowest BCUT2D eigenvalue weighted by Crippen LogP contribution is -2.41. The summed E-state index contributed by atoms with van der Waals surface area (Å²) in [5, 5.41) is 2.88. The Morgan fingerprint density at radius 1 is 1.40 bits per heavy atom. The number of nitrogens with one attached hydrogen (secondary N) is 1. The van der Waals surface area contributed by atoms with Crippen LogP contribution in [0.5, 0.6) is 0 Å². The molecule has 0 radical (unpaired) electrons. The van der Waals surface area contributed by atoms with Crippen LogP contribution >= 0.6 is 0 Å². The number of hydrogen-bond acceptors (Lipinski definition) is 2. The first kappa shape index (κ1) is 11.7. The molecule has 0 aliphatic rings. The van der Waals surface area contributed by atoms with Gasteiger partial charge in [0.05, 0.1) is 12.1 Å². The highest BCUT2D eigenvalue weighted by molar-refractivity contribution is 5.81. The standard InChI is InChI=1S/C12H18N2O/c1-3-11(13)12(15)14-9(2)10-7-5-4-6-8-10/h4-9,11H,3,13H2,1-2H3,(H,14,15)/t9-,11+/m0/s1. The molecule has 0 saturated carbocycles. The van der Waals surface area contributed by atoms with Crippen LogP contribution in [0.1, 0.15) is 31.9 Å². The average molecular weight is 206 g/mol. The van der Waals surface area contributed by atoms with E-state index in [4.69, 9.17) is 5.73 Å². The minimum Gasteiger partial charge on any atom is -0.348 e. The van der Waals surface area contributed by atoms with Crippen molar-refractivity contribution in [2.45, 2.75) is 32.4 Å². The number of amides is 1. The Bertz CT molecular complexity index is 311. The van der Waals surface area contributed by atoms with E-state index in [-0.39, 0.29) is 11.9 Å². The summed E-state index contributed by atoms with van der Waals surface area (Å²) in [6.45, 7) is 3.85. The van der Waals surface area contributed by atoms with E-state index in [2.05, 4.69) is 5.32 Å². The summed E-state index contributed by atoms with van der Waals surface area (Å²) in [6, 6.07) is 9.45. The number of carbonyl (C=O) groups excluding carboxylic acids is 1. The van der Waals surface area contributed by atoms with Gasteiger partial charge in [0.1, 0.15) is 0 Å². The molecule has 3 heteroatoms. The van der Waals surface area contributed by atoms with Gasteiger partial charge in [0.15, 0.2) is 0 Å². The lowest BCUT2D eigenvalue weighted by molar-refractivity contribution is -0.123. The Kier molecular flexibility index (Phi) is 4.31. The number of nitrogens with two attached hydrogens (primary N) is 1. The van der Waals surface area contributed by atoms with Crippen LogP contribution < -0.4 is 11.1 Å². The van der Waals surface area contributed by atoms with Crippen LogP contribution in [0.4, 0.5) is 0 Å². The van der Waals surface area contributed by atoms with Crippen LogP contribution in [-0.2, 0) is 4.79 Å². The zero-order valence-electron chi connectivity index (χ0n) is 9.23. The molecule has 0 spiro atoms. The van der Waals surface area contributed by atoms with Gasteiger partial charge in [0.2, 0.25) is 5.91 Å². The van der Waals surface area contributed by atoms with Crippen LogP contribution in [0.3, 0.4) is 0 Å². The number of benzene rings is 1. The van der Waals surface area contributed by atoms with Crippen molar-refractivity contribution in [2.24, 2.45) is 5.73 Å². The zero-order valence-corrected chi connectivity index (χ0v) is 9.23. The monoisotopic (exact) mass is 206 g/mol. The molecule has 0 bridgehead atoms. The fourth-order valence-electron chi connectivity index (χ4n) is 1.33. The van der Waals surface area contributed by atoms with Crippen LogP contribution in [-0.4, -0.2) is 11.9 Å². The SMILES string of the molecule is CC[C@@H](N)C(=O)N[C@@H](C)c1ccccc1. The van der Waals surface area contributed by atoms with Gasteiger partial charge in [-0.2, -0.15) is 0 Å². The summed E-state index contributed by atoms with van der Waals surface area (Å²) < 4.78 is 0. The summed E-state index contributed by atoms with van der Waals surface area (Å²) >= 11 is 0. The summed E-state index contributed by atoms with van der Waals surface area (Å²) in [6.07, 6.45) is 0.660. The lowest BCUT2D eigenvalue weighted by Gasteiger charge is -2.16. The molecule has 1 aromatic rings. The molecule has 0 aliphatic heterocycles. The van der Waals surface area contributed by atoms with Crippen LogP contribution in [0.25, 0.3) is 0 Å². The molecule has 0 unspecified atom stereocenters. The lowest BCUT2D eigenvalue weighted by atomic mass is 10.1. The molecule has 0 saturated heterocycles. The van der Waals surface area contributed by atoms with Gasteiger partial charge < -0.3 is 11.1 Å². The maximum Gasteiger partial charge on any atom is 0.237 e. The van der Waals surface area contributed by atoms with Gasteiger partial charge in [-0.05, 0) is 18.9 Å². The molecule has 15 heavy (non-hydrogen) atoms. The molecule has 1 amide bonds. The highest BCUT2D eigenvalue weighted by Gasteiger charge is 2.14. The van der Waals surface area contributed by atoms with Gasteiger partial charge in [-0.25, -0.2) is 0 Å². The fourth-order valence-corrected chi connectivity index (χ4v) is 1.33. The van der Waals surface area contributed by atoms with Gasteiger partial charge in [-0.15, -0.1) is 0 Å². The average Bonchev–Trinajstić information content (AvgIpc) is 2.29. The third-order valence-corrected chi connectivity index (χ3v) is 2.43. The van der Waals surface area contributed by atoms with Crippen molar-refractivity contribution in [2.75, 3.05) is 0 Å². The highest BCUT2D eigenvalue weighted by atomic mass is 16.2. The van der Waals surface area contributed by atoms with Crippen molar-refractivity contribution in [3.63, 3.8) is 0 Å². The zero-order chi connectivity index (χ0) is 11.3. The predicted molar refractivity (Wildman–Crippen MR) is 61.3 cm³/mol. The molecule has 0 heterocycles. The second-order valence-corrected chi connectivity index (χ2v) is 3.66. The maximum absolute atomic E-state index is 11.5. The molecule has 0 aliphatic carbocycles. The van der Waals surface area contributed by atoms with Crippen molar-refractivity contribution >= 4 is 5.91 Å². The largest absolute Gasteiger partial charge is 0.348 e. The fraction of sp³-hybridized carbons (Fsp3) is 0.417. The number of carbonyl (C=O) groups is 1. The molecule has 0 fully saturated rings. The Hall–Kier alpha value is -1.35. The van der Waals surface area contributed by atoms with Crippen molar-refractivity contribution < 1.29 is 4.79 Å². The van der Waals surface area contributed by atoms with Crippen LogP contribution in [0.2, 0.25) is 0 Å². The van der Waals surface area contributed by atoms with E-state index in [1.54, 1.807) is 0 Å². The van der Waals surface area contributed by atoms with Gasteiger partial charge in [0, 0.05) is 0 Å². The molecule has 2 atom stereocenters. The first-order valence-corrected chi connectivity index (χ1v) is 5.26. The summed E-state index contributed by atoms with van der Waals surface area (Å²) in [5.74, 6) is -0.0890. The third kappa shape index (κ3) is 3.36. The van der Waals surface area contributed by atoms with E-state index in [9.17, 15) is 4.79 Å². The summed E-state index contributed by atoms with van der Waals surface area (Å²) in [5.41, 5.74) is 6.72. The van der Waals surface area contributed by atoms with Crippen molar-refractivity contribution in [3.05, 3.63) is 35.9 Å². The molecule has 3 nitrogen and oxygen atoms in total.